The molecule has 5 nitrogen and oxygen atoms in total. The molecule has 16 heavy (non-hydrogen) atoms. The van der Waals surface area contributed by atoms with Gasteiger partial charge >= 0.3 is 12.0 Å². The second kappa shape index (κ2) is 9.00. The molecule has 0 aromatic heterocycles. The molecule has 0 aliphatic heterocycles. The largest absolute Gasteiger partial charge is 0.481 e. The Morgan fingerprint density at radius 3 is 2.31 bits per heavy atom. The molecule has 2 amide bonds. The number of hydrogen-bond donors (Lipinski definition) is 3. The molecule has 0 bridgehead atoms. The van der Waals surface area contributed by atoms with Crippen LogP contribution in [0.1, 0.15) is 39.5 Å². The van der Waals surface area contributed by atoms with Gasteiger partial charge in [-0.25, -0.2) is 4.79 Å². The summed E-state index contributed by atoms with van der Waals surface area (Å²) in [5.74, 6) is -0.211. The van der Waals surface area contributed by atoms with Crippen molar-refractivity contribution in [3.63, 3.8) is 0 Å². The fraction of sp³-hybridized carbons (Fsp3) is 0.818. The number of carboxylic acids is 1. The molecule has 0 aliphatic carbocycles. The quantitative estimate of drug-likeness (QED) is 0.554. The van der Waals surface area contributed by atoms with Crippen LogP contribution in [-0.2, 0) is 4.79 Å². The number of unbranched alkanes of at least 4 members (excludes halogenated alkanes) is 1. The third-order valence-corrected chi connectivity index (χ3v) is 2.11. The number of carbonyl (C=O) groups is 2. The zero-order valence-corrected chi connectivity index (χ0v) is 10.1. The molecule has 0 heterocycles. The van der Waals surface area contributed by atoms with E-state index in [1.807, 2.05) is 0 Å². The normalized spacial score (nSPS) is 10.2. The predicted molar refractivity (Wildman–Crippen MR) is 62.3 cm³/mol. The van der Waals surface area contributed by atoms with Gasteiger partial charge in [0.1, 0.15) is 0 Å². The molecule has 3 N–H and O–H groups in total. The number of nitrogens with one attached hydrogen (secondary N) is 2. The Labute approximate surface area is 96.6 Å². The van der Waals surface area contributed by atoms with Crippen molar-refractivity contribution in [1.82, 2.24) is 10.6 Å². The molecule has 0 aliphatic rings. The number of carbonyl (C=O) groups excluding carboxylic acids is 1. The van der Waals surface area contributed by atoms with Crippen LogP contribution >= 0.6 is 0 Å². The van der Waals surface area contributed by atoms with Gasteiger partial charge < -0.3 is 15.7 Å². The molecule has 0 aromatic carbocycles. The highest BCUT2D eigenvalue weighted by Gasteiger charge is 2.00. The molecule has 0 saturated heterocycles. The van der Waals surface area contributed by atoms with Crippen LogP contribution in [0.3, 0.4) is 0 Å². The first-order valence-corrected chi connectivity index (χ1v) is 5.76. The highest BCUT2D eigenvalue weighted by atomic mass is 16.4. The highest BCUT2D eigenvalue weighted by Crippen LogP contribution is 1.96. The van der Waals surface area contributed by atoms with Crippen molar-refractivity contribution in [3.05, 3.63) is 0 Å². The van der Waals surface area contributed by atoms with Crippen LogP contribution in [0.4, 0.5) is 4.79 Å². The number of aliphatic carboxylic acids is 1. The minimum atomic E-state index is -0.790. The Morgan fingerprint density at radius 2 is 1.75 bits per heavy atom. The molecular weight excluding hydrogens is 208 g/mol. The smallest absolute Gasteiger partial charge is 0.314 e. The number of amides is 2. The van der Waals surface area contributed by atoms with Gasteiger partial charge in [-0.3, -0.25) is 4.79 Å². The van der Waals surface area contributed by atoms with Gasteiger partial charge in [0.2, 0.25) is 0 Å². The first-order chi connectivity index (χ1) is 7.52. The molecule has 5 heteroatoms. The summed E-state index contributed by atoms with van der Waals surface area (Å²) >= 11 is 0. The van der Waals surface area contributed by atoms with Gasteiger partial charge in [0.05, 0.1) is 0 Å². The van der Waals surface area contributed by atoms with E-state index < -0.39 is 5.97 Å². The van der Waals surface area contributed by atoms with Crippen LogP contribution in [0.5, 0.6) is 0 Å². The lowest BCUT2D eigenvalue weighted by Gasteiger charge is -2.08. The van der Waals surface area contributed by atoms with Gasteiger partial charge in [0, 0.05) is 19.5 Å². The SMILES string of the molecule is CC(C)CCNC(=O)NCCCCC(=O)O. The summed E-state index contributed by atoms with van der Waals surface area (Å²) in [6.45, 7) is 5.41. The van der Waals surface area contributed by atoms with Crippen LogP contribution in [0, 0.1) is 5.92 Å². The maximum absolute atomic E-state index is 11.2. The van der Waals surface area contributed by atoms with Gasteiger partial charge in [-0.2, -0.15) is 0 Å². The average Bonchev–Trinajstić information content (AvgIpc) is 2.16. The van der Waals surface area contributed by atoms with Crippen LogP contribution in [0.2, 0.25) is 0 Å². The Kier molecular flexibility index (Phi) is 8.29. The summed E-state index contributed by atoms with van der Waals surface area (Å²) in [6, 6.07) is -0.170. The maximum atomic E-state index is 11.2. The van der Waals surface area contributed by atoms with Gasteiger partial charge in [0.15, 0.2) is 0 Å². The summed E-state index contributed by atoms with van der Waals surface area (Å²) in [4.78, 5) is 21.4. The van der Waals surface area contributed by atoms with Crippen molar-refractivity contribution in [2.75, 3.05) is 13.1 Å². The fourth-order valence-electron chi connectivity index (χ4n) is 1.14. The van der Waals surface area contributed by atoms with Gasteiger partial charge in [-0.15, -0.1) is 0 Å². The van der Waals surface area contributed by atoms with E-state index in [0.29, 0.717) is 31.8 Å². The number of urea groups is 1. The Hall–Kier alpha value is -1.26. The summed E-state index contributed by atoms with van der Waals surface area (Å²) < 4.78 is 0. The summed E-state index contributed by atoms with van der Waals surface area (Å²) in [5.41, 5.74) is 0. The van der Waals surface area contributed by atoms with E-state index in [1.54, 1.807) is 0 Å². The molecule has 0 atom stereocenters. The second-order valence-electron chi connectivity index (χ2n) is 4.22. The Bertz CT molecular complexity index is 217. The summed E-state index contributed by atoms with van der Waals surface area (Å²) in [7, 11) is 0. The highest BCUT2D eigenvalue weighted by molar-refractivity contribution is 5.73. The van der Waals surface area contributed by atoms with Crippen LogP contribution in [0.25, 0.3) is 0 Å². The zero-order valence-electron chi connectivity index (χ0n) is 10.1. The standard InChI is InChI=1S/C11H22N2O3/c1-9(2)6-8-13-11(16)12-7-4-3-5-10(14)15/h9H,3-8H2,1-2H3,(H,14,15)(H2,12,13,16). The van der Waals surface area contributed by atoms with Gasteiger partial charge in [-0.1, -0.05) is 13.8 Å². The predicted octanol–water partition coefficient (Wildman–Crippen LogP) is 1.59. The Morgan fingerprint density at radius 1 is 1.12 bits per heavy atom. The van der Waals surface area contributed by atoms with Crippen LogP contribution < -0.4 is 10.6 Å². The molecule has 0 saturated carbocycles. The molecule has 0 spiro atoms. The fourth-order valence-corrected chi connectivity index (χ4v) is 1.14. The first kappa shape index (κ1) is 14.7. The minimum Gasteiger partial charge on any atom is -0.481 e. The molecule has 0 aromatic rings. The molecule has 0 fully saturated rings. The lowest BCUT2D eigenvalue weighted by atomic mass is 10.1. The molecular formula is C11H22N2O3. The van der Waals surface area contributed by atoms with Crippen molar-refractivity contribution < 1.29 is 14.7 Å². The Balaban J connectivity index is 3.27. The minimum absolute atomic E-state index is 0.163. The van der Waals surface area contributed by atoms with E-state index in [-0.39, 0.29) is 12.5 Å². The van der Waals surface area contributed by atoms with Crippen molar-refractivity contribution >= 4 is 12.0 Å². The van der Waals surface area contributed by atoms with Crippen molar-refractivity contribution in [2.24, 2.45) is 5.92 Å². The topological polar surface area (TPSA) is 78.4 Å². The first-order valence-electron chi connectivity index (χ1n) is 5.76. The third kappa shape index (κ3) is 10.8. The van der Waals surface area contributed by atoms with Crippen molar-refractivity contribution in [3.8, 4) is 0 Å². The van der Waals surface area contributed by atoms with Crippen LogP contribution in [-0.4, -0.2) is 30.2 Å². The van der Waals surface area contributed by atoms with Crippen molar-refractivity contribution in [1.29, 1.82) is 0 Å². The average molecular weight is 230 g/mol. The zero-order chi connectivity index (χ0) is 12.4. The van der Waals surface area contributed by atoms with Gasteiger partial charge in [0.25, 0.3) is 0 Å². The second-order valence-corrected chi connectivity index (χ2v) is 4.22. The molecule has 0 rings (SSSR count). The van der Waals surface area contributed by atoms with Crippen LogP contribution in [0.15, 0.2) is 0 Å². The monoisotopic (exact) mass is 230 g/mol. The third-order valence-electron chi connectivity index (χ3n) is 2.11. The van der Waals surface area contributed by atoms with E-state index in [4.69, 9.17) is 5.11 Å². The van der Waals surface area contributed by atoms with E-state index in [9.17, 15) is 9.59 Å². The molecule has 0 unspecified atom stereocenters. The van der Waals surface area contributed by atoms with Gasteiger partial charge in [-0.05, 0) is 25.2 Å². The lowest BCUT2D eigenvalue weighted by molar-refractivity contribution is -0.137. The number of hydrogen-bond acceptors (Lipinski definition) is 2. The van der Waals surface area contributed by atoms with E-state index >= 15 is 0 Å². The molecule has 0 radical (unpaired) electrons. The van der Waals surface area contributed by atoms with Crippen molar-refractivity contribution in [2.45, 2.75) is 39.5 Å². The maximum Gasteiger partial charge on any atom is 0.314 e. The number of rotatable bonds is 8. The van der Waals surface area contributed by atoms with E-state index in [2.05, 4.69) is 24.5 Å². The molecule has 94 valence electrons. The number of carboxylic acid groups (broad SMARTS) is 1. The van der Waals surface area contributed by atoms with E-state index in [0.717, 1.165) is 6.42 Å². The lowest BCUT2D eigenvalue weighted by Crippen LogP contribution is -2.36. The summed E-state index contributed by atoms with van der Waals surface area (Å²) in [5, 5.41) is 13.8. The van der Waals surface area contributed by atoms with E-state index in [1.165, 1.54) is 0 Å². The summed E-state index contributed by atoms with van der Waals surface area (Å²) in [6.07, 6.45) is 2.43.